The zero-order chi connectivity index (χ0) is 10.2. The van der Waals surface area contributed by atoms with Gasteiger partial charge in [-0.3, -0.25) is 0 Å². The predicted octanol–water partition coefficient (Wildman–Crippen LogP) is 0.713. The van der Waals surface area contributed by atoms with E-state index < -0.39 is 28.3 Å². The van der Waals surface area contributed by atoms with E-state index in [1.54, 1.807) is 0 Å². The number of halogens is 3. The van der Waals surface area contributed by atoms with Gasteiger partial charge in [0.2, 0.25) is 0 Å². The SMILES string of the molecule is Nc1c(C(F)(F)F)csc1C(=O)[O-]. The van der Waals surface area contributed by atoms with E-state index in [1.165, 1.54) is 0 Å². The van der Waals surface area contributed by atoms with Crippen molar-refractivity contribution in [2.75, 3.05) is 5.73 Å². The normalized spacial score (nSPS) is 11.6. The van der Waals surface area contributed by atoms with E-state index in [9.17, 15) is 23.1 Å². The number of rotatable bonds is 1. The topological polar surface area (TPSA) is 66.2 Å². The van der Waals surface area contributed by atoms with Crippen LogP contribution in [-0.2, 0) is 6.18 Å². The fourth-order valence-electron chi connectivity index (χ4n) is 0.745. The maximum Gasteiger partial charge on any atom is 0.419 e. The molecule has 1 aromatic heterocycles. The van der Waals surface area contributed by atoms with Crippen molar-refractivity contribution >= 4 is 23.0 Å². The van der Waals surface area contributed by atoms with Gasteiger partial charge in [-0.2, -0.15) is 13.2 Å². The summed E-state index contributed by atoms with van der Waals surface area (Å²) in [6, 6.07) is 0. The molecule has 0 saturated carbocycles. The van der Waals surface area contributed by atoms with Crippen molar-refractivity contribution < 1.29 is 23.1 Å². The minimum atomic E-state index is -4.62. The molecule has 0 unspecified atom stereocenters. The summed E-state index contributed by atoms with van der Waals surface area (Å²) < 4.78 is 36.1. The van der Waals surface area contributed by atoms with Gasteiger partial charge in [-0.05, 0) is 0 Å². The zero-order valence-corrected chi connectivity index (χ0v) is 6.83. The molecule has 2 N–H and O–H groups in total. The lowest BCUT2D eigenvalue weighted by Crippen LogP contribution is -2.22. The molecule has 13 heavy (non-hydrogen) atoms. The number of carbonyl (C=O) groups is 1. The Balaban J connectivity index is 3.22. The molecule has 0 amide bonds. The maximum atomic E-state index is 12.0. The average Bonchev–Trinajstić information content (AvgIpc) is 2.28. The monoisotopic (exact) mass is 210 g/mol. The molecule has 0 saturated heterocycles. The molecule has 0 aromatic carbocycles. The number of hydrogen-bond donors (Lipinski definition) is 1. The fraction of sp³-hybridized carbons (Fsp3) is 0.167. The molecule has 1 rings (SSSR count). The van der Waals surface area contributed by atoms with Gasteiger partial charge in [0, 0.05) is 5.38 Å². The van der Waals surface area contributed by atoms with Crippen LogP contribution >= 0.6 is 11.3 Å². The number of nitrogen functional groups attached to an aromatic ring is 1. The van der Waals surface area contributed by atoms with Crippen molar-refractivity contribution in [2.24, 2.45) is 0 Å². The van der Waals surface area contributed by atoms with Gasteiger partial charge in [-0.1, -0.05) is 0 Å². The van der Waals surface area contributed by atoms with Crippen LogP contribution in [0.2, 0.25) is 0 Å². The Hall–Kier alpha value is -1.24. The van der Waals surface area contributed by atoms with Gasteiger partial charge in [0.1, 0.15) is 0 Å². The van der Waals surface area contributed by atoms with E-state index in [-0.39, 0.29) is 0 Å². The quantitative estimate of drug-likeness (QED) is 0.742. The number of aromatic carboxylic acids is 1. The Morgan fingerprint density at radius 3 is 2.31 bits per heavy atom. The van der Waals surface area contributed by atoms with Crippen LogP contribution in [0.15, 0.2) is 5.38 Å². The molecule has 0 aliphatic rings. The highest BCUT2D eigenvalue weighted by molar-refractivity contribution is 7.12. The fourth-order valence-corrected chi connectivity index (χ4v) is 1.57. The first kappa shape index (κ1) is 9.85. The summed E-state index contributed by atoms with van der Waals surface area (Å²) in [5.74, 6) is -1.70. The van der Waals surface area contributed by atoms with Gasteiger partial charge in [0.25, 0.3) is 0 Å². The molecule has 0 aliphatic carbocycles. The zero-order valence-electron chi connectivity index (χ0n) is 6.01. The van der Waals surface area contributed by atoms with Gasteiger partial charge >= 0.3 is 6.18 Å². The number of alkyl halides is 3. The molecule has 1 aromatic rings. The molecule has 0 atom stereocenters. The maximum absolute atomic E-state index is 12.0. The molecule has 0 spiro atoms. The summed E-state index contributed by atoms with van der Waals surface area (Å²) in [6.45, 7) is 0. The number of anilines is 1. The van der Waals surface area contributed by atoms with E-state index >= 15 is 0 Å². The van der Waals surface area contributed by atoms with Crippen molar-refractivity contribution in [1.29, 1.82) is 0 Å². The van der Waals surface area contributed by atoms with Gasteiger partial charge in [-0.15, -0.1) is 11.3 Å². The summed E-state index contributed by atoms with van der Waals surface area (Å²) in [5, 5.41) is 10.9. The van der Waals surface area contributed by atoms with E-state index in [0.717, 1.165) is 0 Å². The second-order valence-corrected chi connectivity index (χ2v) is 3.06. The molecule has 0 radical (unpaired) electrons. The summed E-state index contributed by atoms with van der Waals surface area (Å²) in [5.41, 5.74) is 3.05. The van der Waals surface area contributed by atoms with Crippen molar-refractivity contribution in [3.8, 4) is 0 Å². The largest absolute Gasteiger partial charge is 0.544 e. The standard InChI is InChI=1S/C6H4F3NO2S/c7-6(8,9)2-1-13-4(3(2)10)5(11)12/h1H,10H2,(H,11,12)/p-1. The van der Waals surface area contributed by atoms with Gasteiger partial charge < -0.3 is 15.6 Å². The average molecular weight is 210 g/mol. The number of nitrogens with two attached hydrogens (primary N) is 1. The summed E-state index contributed by atoms with van der Waals surface area (Å²) in [6.07, 6.45) is -4.62. The van der Waals surface area contributed by atoms with Gasteiger partial charge in [0.05, 0.1) is 22.1 Å². The lowest BCUT2D eigenvalue weighted by Gasteiger charge is -2.05. The minimum absolute atomic E-state index is 0.404. The first-order valence-electron chi connectivity index (χ1n) is 2.99. The van der Waals surface area contributed by atoms with Crippen LogP contribution < -0.4 is 10.8 Å². The molecule has 0 aliphatic heterocycles. The van der Waals surface area contributed by atoms with Crippen LogP contribution in [0.5, 0.6) is 0 Å². The lowest BCUT2D eigenvalue weighted by atomic mass is 10.2. The summed E-state index contributed by atoms with van der Waals surface area (Å²) in [4.78, 5) is 9.62. The van der Waals surface area contributed by atoms with Crippen molar-refractivity contribution in [1.82, 2.24) is 0 Å². The molecule has 7 heteroatoms. The Morgan fingerprint density at radius 1 is 1.54 bits per heavy atom. The van der Waals surface area contributed by atoms with E-state index in [2.05, 4.69) is 0 Å². The highest BCUT2D eigenvalue weighted by atomic mass is 32.1. The lowest BCUT2D eigenvalue weighted by molar-refractivity contribution is -0.254. The molecular weight excluding hydrogens is 207 g/mol. The molecule has 3 nitrogen and oxygen atoms in total. The van der Waals surface area contributed by atoms with Crippen LogP contribution in [0.25, 0.3) is 0 Å². The minimum Gasteiger partial charge on any atom is -0.544 e. The molecule has 72 valence electrons. The molecule has 0 bridgehead atoms. The van der Waals surface area contributed by atoms with Gasteiger partial charge in [0.15, 0.2) is 0 Å². The van der Waals surface area contributed by atoms with Gasteiger partial charge in [-0.25, -0.2) is 0 Å². The van der Waals surface area contributed by atoms with Crippen LogP contribution in [0.3, 0.4) is 0 Å². The predicted molar refractivity (Wildman–Crippen MR) is 38.1 cm³/mol. The van der Waals surface area contributed by atoms with E-state index in [0.29, 0.717) is 16.7 Å². The Bertz CT molecular complexity index is 344. The van der Waals surface area contributed by atoms with Crippen molar-refractivity contribution in [3.63, 3.8) is 0 Å². The van der Waals surface area contributed by atoms with Crippen molar-refractivity contribution in [3.05, 3.63) is 15.8 Å². The van der Waals surface area contributed by atoms with Crippen LogP contribution in [0.4, 0.5) is 18.9 Å². The van der Waals surface area contributed by atoms with Crippen LogP contribution in [0.1, 0.15) is 15.2 Å². The summed E-state index contributed by atoms with van der Waals surface area (Å²) >= 11 is 0.404. The summed E-state index contributed by atoms with van der Waals surface area (Å²) in [7, 11) is 0. The molecule has 0 fully saturated rings. The number of carboxylic acid groups (broad SMARTS) is 1. The Morgan fingerprint density at radius 2 is 2.08 bits per heavy atom. The Kier molecular flexibility index (Phi) is 2.21. The number of carbonyl (C=O) groups excluding carboxylic acids is 1. The third-order valence-corrected chi connectivity index (χ3v) is 2.30. The van der Waals surface area contributed by atoms with E-state index in [4.69, 9.17) is 5.73 Å². The second kappa shape index (κ2) is 2.91. The third kappa shape index (κ3) is 1.74. The van der Waals surface area contributed by atoms with Crippen LogP contribution in [0, 0.1) is 0 Å². The second-order valence-electron chi connectivity index (χ2n) is 2.18. The first-order chi connectivity index (χ1) is 5.84. The first-order valence-corrected chi connectivity index (χ1v) is 3.87. The molecule has 1 heterocycles. The van der Waals surface area contributed by atoms with E-state index in [1.807, 2.05) is 0 Å². The molecular formula is C6H3F3NO2S-. The van der Waals surface area contributed by atoms with Crippen LogP contribution in [-0.4, -0.2) is 5.97 Å². The number of carboxylic acids is 1. The highest BCUT2D eigenvalue weighted by Gasteiger charge is 2.35. The van der Waals surface area contributed by atoms with Crippen molar-refractivity contribution in [2.45, 2.75) is 6.18 Å². The smallest absolute Gasteiger partial charge is 0.419 e. The highest BCUT2D eigenvalue weighted by Crippen LogP contribution is 2.38. The number of hydrogen-bond acceptors (Lipinski definition) is 4. The number of thiophene rings is 1. The third-order valence-electron chi connectivity index (χ3n) is 1.32. The Labute approximate surface area is 74.6 Å².